The van der Waals surface area contributed by atoms with Gasteiger partial charge in [-0.25, -0.2) is 0 Å². The molecule has 2 heteroatoms. The summed E-state index contributed by atoms with van der Waals surface area (Å²) in [5.41, 5.74) is 5.68. The van der Waals surface area contributed by atoms with Crippen LogP contribution in [0.2, 0.25) is 0 Å². The van der Waals surface area contributed by atoms with E-state index in [2.05, 4.69) is 13.8 Å². The van der Waals surface area contributed by atoms with Crippen LogP contribution < -0.4 is 0 Å². The molecule has 0 amide bonds. The van der Waals surface area contributed by atoms with Crippen LogP contribution >= 0.6 is 0 Å². The zero-order valence-corrected chi connectivity index (χ0v) is 12.1. The quantitative estimate of drug-likeness (QED) is 0.711. The number of hydrogen-bond acceptors (Lipinski definition) is 2. The predicted molar refractivity (Wildman–Crippen MR) is 89.6 cm³/mol. The molecule has 2 nitrogen and oxygen atoms in total. The Kier molecular flexibility index (Phi) is 3.60. The van der Waals surface area contributed by atoms with Gasteiger partial charge in [0.2, 0.25) is 0 Å². The Balaban J connectivity index is 2.17. The third kappa shape index (κ3) is 2.56. The smallest absolute Gasteiger partial charge is 0.115 e. The van der Waals surface area contributed by atoms with Gasteiger partial charge in [-0.15, -0.1) is 0 Å². The van der Waals surface area contributed by atoms with E-state index >= 15 is 0 Å². The molecule has 0 atom stereocenters. The average Bonchev–Trinajstić information content (AvgIpc) is 2.51. The molecule has 2 N–H and O–H groups in total. The minimum Gasteiger partial charge on any atom is -0.508 e. The van der Waals surface area contributed by atoms with E-state index in [4.69, 9.17) is 0 Å². The van der Waals surface area contributed by atoms with Gasteiger partial charge in [-0.2, -0.15) is 0 Å². The van der Waals surface area contributed by atoms with Gasteiger partial charge in [-0.1, -0.05) is 36.4 Å². The fraction of sp³-hybridized carbons (Fsp3) is 0. The van der Waals surface area contributed by atoms with Crippen molar-refractivity contribution in [3.63, 3.8) is 0 Å². The molecule has 0 heterocycles. The molecular weight excluding hydrogens is 272 g/mol. The van der Waals surface area contributed by atoms with Crippen molar-refractivity contribution in [3.8, 4) is 33.8 Å². The van der Waals surface area contributed by atoms with Gasteiger partial charge in [-0.3, -0.25) is 0 Å². The summed E-state index contributed by atoms with van der Waals surface area (Å²) in [5, 5.41) is 18.9. The molecule has 22 heavy (non-hydrogen) atoms. The number of phenols is 2. The summed E-state index contributed by atoms with van der Waals surface area (Å²) in [6, 6.07) is 18.0. The number of aromatic hydroxyl groups is 2. The molecule has 3 aromatic carbocycles. The molecule has 2 radical (unpaired) electrons. The monoisotopic (exact) mass is 288 g/mol. The van der Waals surface area contributed by atoms with E-state index in [1.54, 1.807) is 24.3 Å². The first-order chi connectivity index (χ1) is 10.6. The molecule has 108 valence electrons. The van der Waals surface area contributed by atoms with Crippen LogP contribution in [-0.2, 0) is 0 Å². The first-order valence-electron chi connectivity index (χ1n) is 6.96. The summed E-state index contributed by atoms with van der Waals surface area (Å²) < 4.78 is 0. The Hall–Kier alpha value is -2.74. The molecule has 0 spiro atoms. The van der Waals surface area contributed by atoms with Gasteiger partial charge in [0.15, 0.2) is 0 Å². The first-order valence-corrected chi connectivity index (χ1v) is 6.96. The van der Waals surface area contributed by atoms with Crippen molar-refractivity contribution in [2.45, 2.75) is 0 Å². The lowest BCUT2D eigenvalue weighted by Crippen LogP contribution is -1.92. The highest BCUT2D eigenvalue weighted by Gasteiger charge is 2.11. The molecule has 0 bridgehead atoms. The summed E-state index contributed by atoms with van der Waals surface area (Å²) in [4.78, 5) is 0. The van der Waals surface area contributed by atoms with Gasteiger partial charge >= 0.3 is 0 Å². The molecule has 0 fully saturated rings. The molecule has 3 aromatic rings. The van der Waals surface area contributed by atoms with Crippen molar-refractivity contribution in [3.05, 3.63) is 85.6 Å². The highest BCUT2D eigenvalue weighted by Crippen LogP contribution is 2.35. The fourth-order valence-electron chi connectivity index (χ4n) is 2.60. The third-order valence-corrected chi connectivity index (χ3v) is 3.73. The van der Waals surface area contributed by atoms with Crippen molar-refractivity contribution < 1.29 is 10.2 Å². The molecule has 3 rings (SSSR count). The van der Waals surface area contributed by atoms with E-state index in [9.17, 15) is 10.2 Å². The van der Waals surface area contributed by atoms with Crippen LogP contribution in [0.25, 0.3) is 22.3 Å². The molecule has 0 aliphatic carbocycles. The van der Waals surface area contributed by atoms with E-state index in [0.29, 0.717) is 0 Å². The lowest BCUT2D eigenvalue weighted by Gasteiger charge is -2.15. The van der Waals surface area contributed by atoms with E-state index < -0.39 is 0 Å². The second-order valence-corrected chi connectivity index (χ2v) is 5.22. The highest BCUT2D eigenvalue weighted by atomic mass is 16.3. The minimum atomic E-state index is 0.231. The predicted octanol–water partition coefficient (Wildman–Crippen LogP) is 4.80. The SMILES string of the molecule is [CH2]c1ccc(-c2ccc(O)cc2)c([CH2])c1-c1ccc(O)cc1. The molecule has 0 unspecified atom stereocenters. The molecule has 0 aromatic heterocycles. The van der Waals surface area contributed by atoms with E-state index in [-0.39, 0.29) is 11.5 Å². The molecular formula is C20H16O2. The first kappa shape index (κ1) is 14.2. The van der Waals surface area contributed by atoms with Crippen molar-refractivity contribution in [1.29, 1.82) is 0 Å². The average molecular weight is 288 g/mol. The van der Waals surface area contributed by atoms with Crippen molar-refractivity contribution in [1.82, 2.24) is 0 Å². The third-order valence-electron chi connectivity index (χ3n) is 3.73. The van der Waals surface area contributed by atoms with Crippen LogP contribution in [0.5, 0.6) is 11.5 Å². The second kappa shape index (κ2) is 5.57. The Bertz CT molecular complexity index is 800. The molecule has 0 aliphatic heterocycles. The lowest BCUT2D eigenvalue weighted by atomic mass is 9.89. The minimum absolute atomic E-state index is 0.231. The zero-order chi connectivity index (χ0) is 15.7. The maximum Gasteiger partial charge on any atom is 0.115 e. The van der Waals surface area contributed by atoms with Crippen molar-refractivity contribution in [2.24, 2.45) is 0 Å². The van der Waals surface area contributed by atoms with Gasteiger partial charge in [0, 0.05) is 0 Å². The highest BCUT2D eigenvalue weighted by molar-refractivity contribution is 5.82. The van der Waals surface area contributed by atoms with Crippen LogP contribution in [0, 0.1) is 13.8 Å². The standard InChI is InChI=1S/C20H16O2/c1-13-3-12-19(15-4-8-17(21)9-5-15)14(2)20(13)16-6-10-18(22)11-7-16/h3-12,21-22H,1-2H2. The Labute approximate surface area is 130 Å². The molecule has 0 aliphatic rings. The van der Waals surface area contributed by atoms with E-state index in [0.717, 1.165) is 33.4 Å². The van der Waals surface area contributed by atoms with Crippen molar-refractivity contribution in [2.75, 3.05) is 0 Å². The second-order valence-electron chi connectivity index (χ2n) is 5.22. The maximum atomic E-state index is 9.45. The lowest BCUT2D eigenvalue weighted by molar-refractivity contribution is 0.475. The molecule has 0 saturated carbocycles. The van der Waals surface area contributed by atoms with Crippen LogP contribution in [-0.4, -0.2) is 10.2 Å². The van der Waals surface area contributed by atoms with E-state index in [1.807, 2.05) is 36.4 Å². The summed E-state index contributed by atoms with van der Waals surface area (Å²) in [6.07, 6.45) is 0. The Morgan fingerprint density at radius 1 is 0.591 bits per heavy atom. The van der Waals surface area contributed by atoms with Gasteiger partial charge in [0.25, 0.3) is 0 Å². The molecule has 0 saturated heterocycles. The number of rotatable bonds is 2. The Morgan fingerprint density at radius 2 is 1.09 bits per heavy atom. The normalized spacial score (nSPS) is 10.6. The van der Waals surface area contributed by atoms with Crippen LogP contribution in [0.4, 0.5) is 0 Å². The number of hydrogen-bond donors (Lipinski definition) is 2. The fourth-order valence-corrected chi connectivity index (χ4v) is 2.60. The van der Waals surface area contributed by atoms with Gasteiger partial charge in [-0.05, 0) is 71.5 Å². The Morgan fingerprint density at radius 3 is 1.64 bits per heavy atom. The summed E-state index contributed by atoms with van der Waals surface area (Å²) >= 11 is 0. The summed E-state index contributed by atoms with van der Waals surface area (Å²) in [6.45, 7) is 8.30. The van der Waals surface area contributed by atoms with Gasteiger partial charge < -0.3 is 10.2 Å². The van der Waals surface area contributed by atoms with Crippen LogP contribution in [0.1, 0.15) is 11.1 Å². The zero-order valence-electron chi connectivity index (χ0n) is 12.1. The number of phenolic OH excluding ortho intramolecular Hbond substituents is 2. The largest absolute Gasteiger partial charge is 0.508 e. The van der Waals surface area contributed by atoms with E-state index in [1.165, 1.54) is 0 Å². The van der Waals surface area contributed by atoms with Gasteiger partial charge in [0.05, 0.1) is 0 Å². The topological polar surface area (TPSA) is 40.5 Å². The number of benzene rings is 3. The maximum absolute atomic E-state index is 9.45. The van der Waals surface area contributed by atoms with Crippen LogP contribution in [0.3, 0.4) is 0 Å². The van der Waals surface area contributed by atoms with Crippen LogP contribution in [0.15, 0.2) is 60.7 Å². The summed E-state index contributed by atoms with van der Waals surface area (Å²) in [7, 11) is 0. The summed E-state index contributed by atoms with van der Waals surface area (Å²) in [5.74, 6) is 0.469. The van der Waals surface area contributed by atoms with Crippen molar-refractivity contribution >= 4 is 0 Å². The van der Waals surface area contributed by atoms with Gasteiger partial charge in [0.1, 0.15) is 11.5 Å².